The number of sulfonamides is 1. The van der Waals surface area contributed by atoms with Crippen LogP contribution in [0.2, 0.25) is 0 Å². The highest BCUT2D eigenvalue weighted by molar-refractivity contribution is 7.99. The van der Waals surface area contributed by atoms with Gasteiger partial charge < -0.3 is 15.0 Å². The molecule has 0 aliphatic carbocycles. The predicted molar refractivity (Wildman–Crippen MR) is 146 cm³/mol. The standard InChI is InChI=1S/C27H31N3O4S2/c1-3-20-35-26-11-7-4-8-23(26)27(31)28-21-12-14-22(15-13-21)36(32,33)30-18-16-29(17-19-30)24-9-5-6-10-25(24)34-2/h4-15H,3,16-20H2,1-2H3,(H,28,31). The van der Waals surface area contributed by atoms with Crippen LogP contribution in [0, 0.1) is 0 Å². The fourth-order valence-corrected chi connectivity index (χ4v) is 6.45. The second-order valence-electron chi connectivity index (χ2n) is 8.39. The maximum atomic E-state index is 13.2. The third-order valence-corrected chi connectivity index (χ3v) is 9.20. The highest BCUT2D eigenvalue weighted by Gasteiger charge is 2.29. The van der Waals surface area contributed by atoms with E-state index in [1.165, 1.54) is 4.31 Å². The summed E-state index contributed by atoms with van der Waals surface area (Å²) in [6, 6.07) is 21.6. The number of methoxy groups -OCH3 is 1. The zero-order valence-corrected chi connectivity index (χ0v) is 22.1. The Morgan fingerprint density at radius 2 is 1.61 bits per heavy atom. The minimum atomic E-state index is -3.64. The van der Waals surface area contributed by atoms with Gasteiger partial charge in [-0.2, -0.15) is 4.31 Å². The first-order valence-electron chi connectivity index (χ1n) is 12.0. The summed E-state index contributed by atoms with van der Waals surface area (Å²) >= 11 is 1.65. The van der Waals surface area contributed by atoms with Gasteiger partial charge in [0.25, 0.3) is 5.91 Å². The summed E-state index contributed by atoms with van der Waals surface area (Å²) in [7, 11) is -2.00. The van der Waals surface area contributed by atoms with Gasteiger partial charge in [-0.05, 0) is 60.7 Å². The monoisotopic (exact) mass is 525 g/mol. The summed E-state index contributed by atoms with van der Waals surface area (Å²) < 4.78 is 33.4. The second-order valence-corrected chi connectivity index (χ2v) is 11.5. The molecule has 36 heavy (non-hydrogen) atoms. The maximum absolute atomic E-state index is 13.2. The van der Waals surface area contributed by atoms with Crippen LogP contribution in [0.25, 0.3) is 0 Å². The predicted octanol–water partition coefficient (Wildman–Crippen LogP) is 4.96. The molecule has 1 amide bonds. The van der Waals surface area contributed by atoms with Crippen LogP contribution < -0.4 is 15.0 Å². The third-order valence-electron chi connectivity index (χ3n) is 6.01. The van der Waals surface area contributed by atoms with Gasteiger partial charge in [0.1, 0.15) is 5.75 Å². The second kappa shape index (κ2) is 11.8. The van der Waals surface area contributed by atoms with E-state index in [1.54, 1.807) is 49.2 Å². The number of rotatable bonds is 9. The lowest BCUT2D eigenvalue weighted by molar-refractivity contribution is 0.102. The topological polar surface area (TPSA) is 79.0 Å². The van der Waals surface area contributed by atoms with Gasteiger partial charge in [0, 0.05) is 36.8 Å². The number of amides is 1. The zero-order chi connectivity index (χ0) is 25.5. The molecule has 0 radical (unpaired) electrons. The lowest BCUT2D eigenvalue weighted by Gasteiger charge is -2.35. The molecule has 1 aliphatic heterocycles. The van der Waals surface area contributed by atoms with E-state index in [1.807, 2.05) is 42.5 Å². The molecule has 0 spiro atoms. The number of para-hydroxylation sites is 2. The molecule has 9 heteroatoms. The van der Waals surface area contributed by atoms with Crippen molar-refractivity contribution in [2.45, 2.75) is 23.1 Å². The first-order chi connectivity index (χ1) is 17.4. The molecule has 0 unspecified atom stereocenters. The summed E-state index contributed by atoms with van der Waals surface area (Å²) in [6.07, 6.45) is 1.02. The normalized spacial score (nSPS) is 14.4. The number of hydrogen-bond donors (Lipinski definition) is 1. The van der Waals surface area contributed by atoms with E-state index in [4.69, 9.17) is 4.74 Å². The largest absolute Gasteiger partial charge is 0.495 e. The average Bonchev–Trinajstić information content (AvgIpc) is 2.92. The highest BCUT2D eigenvalue weighted by Crippen LogP contribution is 2.30. The van der Waals surface area contributed by atoms with Crippen LogP contribution in [0.5, 0.6) is 5.75 Å². The Labute approximate surface area is 217 Å². The van der Waals surface area contributed by atoms with E-state index in [9.17, 15) is 13.2 Å². The number of hydrogen-bond acceptors (Lipinski definition) is 6. The zero-order valence-electron chi connectivity index (χ0n) is 20.5. The van der Waals surface area contributed by atoms with Crippen LogP contribution in [0.1, 0.15) is 23.7 Å². The smallest absolute Gasteiger partial charge is 0.256 e. The summed E-state index contributed by atoms with van der Waals surface area (Å²) in [5, 5.41) is 2.89. The van der Waals surface area contributed by atoms with E-state index in [0.717, 1.165) is 28.5 Å². The van der Waals surface area contributed by atoms with Gasteiger partial charge in [0.2, 0.25) is 10.0 Å². The van der Waals surface area contributed by atoms with Gasteiger partial charge in [0.05, 0.1) is 23.3 Å². The molecule has 1 fully saturated rings. The maximum Gasteiger partial charge on any atom is 0.256 e. The molecule has 0 aromatic heterocycles. The van der Waals surface area contributed by atoms with E-state index in [0.29, 0.717) is 37.4 Å². The van der Waals surface area contributed by atoms with Crippen LogP contribution in [0.3, 0.4) is 0 Å². The lowest BCUT2D eigenvalue weighted by atomic mass is 10.2. The molecule has 190 valence electrons. The number of carbonyl (C=O) groups is 1. The molecule has 1 heterocycles. The molecule has 7 nitrogen and oxygen atoms in total. The van der Waals surface area contributed by atoms with Gasteiger partial charge >= 0.3 is 0 Å². The van der Waals surface area contributed by atoms with Crippen molar-refractivity contribution < 1.29 is 17.9 Å². The number of nitrogens with zero attached hydrogens (tertiary/aromatic N) is 2. The van der Waals surface area contributed by atoms with E-state index >= 15 is 0 Å². The number of piperazine rings is 1. The van der Waals surface area contributed by atoms with Crippen LogP contribution in [0.4, 0.5) is 11.4 Å². The fraction of sp³-hybridized carbons (Fsp3) is 0.296. The van der Waals surface area contributed by atoms with Gasteiger partial charge in [-0.25, -0.2) is 8.42 Å². The number of benzene rings is 3. The van der Waals surface area contributed by atoms with Crippen molar-refractivity contribution in [2.24, 2.45) is 0 Å². The number of anilines is 2. The van der Waals surface area contributed by atoms with Crippen molar-refractivity contribution in [1.82, 2.24) is 4.31 Å². The van der Waals surface area contributed by atoms with Crippen LogP contribution in [0.15, 0.2) is 82.6 Å². The molecule has 4 rings (SSSR count). The molecule has 3 aromatic carbocycles. The van der Waals surface area contributed by atoms with Crippen molar-refractivity contribution >= 4 is 39.1 Å². The minimum Gasteiger partial charge on any atom is -0.495 e. The van der Waals surface area contributed by atoms with Gasteiger partial charge in [-0.3, -0.25) is 4.79 Å². The lowest BCUT2D eigenvalue weighted by Crippen LogP contribution is -2.48. The third kappa shape index (κ3) is 5.86. The molecule has 0 bridgehead atoms. The molecular weight excluding hydrogens is 494 g/mol. The van der Waals surface area contributed by atoms with Gasteiger partial charge in [0.15, 0.2) is 0 Å². The van der Waals surface area contributed by atoms with Crippen LogP contribution >= 0.6 is 11.8 Å². The Bertz CT molecular complexity index is 1290. The number of nitrogens with one attached hydrogen (secondary N) is 1. The number of ether oxygens (including phenoxy) is 1. The molecule has 1 aliphatic rings. The molecule has 3 aromatic rings. The SMILES string of the molecule is CCCSc1ccccc1C(=O)Nc1ccc(S(=O)(=O)N2CCN(c3ccccc3OC)CC2)cc1. The Kier molecular flexibility index (Phi) is 8.56. The van der Waals surface area contributed by atoms with E-state index in [2.05, 4.69) is 17.1 Å². The summed E-state index contributed by atoms with van der Waals surface area (Å²) in [5.41, 5.74) is 2.13. The first-order valence-corrected chi connectivity index (χ1v) is 14.4. The van der Waals surface area contributed by atoms with Crippen molar-refractivity contribution in [3.8, 4) is 5.75 Å². The molecule has 1 saturated heterocycles. The number of thioether (sulfide) groups is 1. The minimum absolute atomic E-state index is 0.211. The van der Waals surface area contributed by atoms with Gasteiger partial charge in [-0.1, -0.05) is 31.2 Å². The molecule has 0 atom stereocenters. The van der Waals surface area contributed by atoms with Crippen molar-refractivity contribution in [2.75, 3.05) is 49.3 Å². The Morgan fingerprint density at radius 3 is 2.31 bits per heavy atom. The fourth-order valence-electron chi connectivity index (χ4n) is 4.11. The molecular formula is C27H31N3O4S2. The van der Waals surface area contributed by atoms with Crippen molar-refractivity contribution in [3.05, 3.63) is 78.4 Å². The first kappa shape index (κ1) is 26.1. The van der Waals surface area contributed by atoms with E-state index in [-0.39, 0.29) is 10.8 Å². The summed E-state index contributed by atoms with van der Waals surface area (Å²) in [4.78, 5) is 16.1. The summed E-state index contributed by atoms with van der Waals surface area (Å²) in [5.74, 6) is 1.50. The summed E-state index contributed by atoms with van der Waals surface area (Å²) in [6.45, 7) is 4.01. The quantitative estimate of drug-likeness (QED) is 0.398. The van der Waals surface area contributed by atoms with Crippen LogP contribution in [-0.4, -0.2) is 57.7 Å². The highest BCUT2D eigenvalue weighted by atomic mass is 32.2. The Hall–Kier alpha value is -3.01. The van der Waals surface area contributed by atoms with E-state index < -0.39 is 10.0 Å². The Morgan fingerprint density at radius 1 is 0.944 bits per heavy atom. The van der Waals surface area contributed by atoms with Crippen molar-refractivity contribution in [1.29, 1.82) is 0 Å². The van der Waals surface area contributed by atoms with Gasteiger partial charge in [-0.15, -0.1) is 11.8 Å². The number of carbonyl (C=O) groups excluding carboxylic acids is 1. The van der Waals surface area contributed by atoms with Crippen molar-refractivity contribution in [3.63, 3.8) is 0 Å². The van der Waals surface area contributed by atoms with Crippen LogP contribution in [-0.2, 0) is 10.0 Å². The Balaban J connectivity index is 1.40. The molecule has 1 N–H and O–H groups in total. The average molecular weight is 526 g/mol. The molecule has 0 saturated carbocycles.